The molecule has 0 aliphatic carbocycles. The van der Waals surface area contributed by atoms with Crippen molar-refractivity contribution in [1.82, 2.24) is 4.90 Å². The number of rotatable bonds is 3. The zero-order valence-corrected chi connectivity index (χ0v) is 10.9. The number of halogens is 3. The number of hydrogen-bond acceptors (Lipinski definition) is 2. The van der Waals surface area contributed by atoms with Gasteiger partial charge in [-0.1, -0.05) is 30.3 Å². The number of carbonyl (C=O) groups excluding carboxylic acids is 1. The van der Waals surface area contributed by atoms with E-state index in [1.807, 2.05) is 30.3 Å². The molecule has 1 aliphatic heterocycles. The van der Waals surface area contributed by atoms with Gasteiger partial charge in [-0.25, -0.2) is 0 Å². The first-order valence-corrected chi connectivity index (χ1v) is 6.48. The first-order chi connectivity index (χ1) is 9.47. The number of nitrogens with zero attached hydrogens (tertiary/aromatic N) is 1. The van der Waals surface area contributed by atoms with E-state index in [1.54, 1.807) is 0 Å². The molecule has 6 heteroatoms. The zero-order chi connectivity index (χ0) is 14.6. The van der Waals surface area contributed by atoms with Gasteiger partial charge < -0.3 is 9.64 Å². The van der Waals surface area contributed by atoms with Crippen LogP contribution in [0.2, 0.25) is 0 Å². The lowest BCUT2D eigenvalue weighted by molar-refractivity contribution is -0.188. The normalized spacial score (nSPS) is 19.9. The molecule has 0 N–H and O–H groups in total. The SMILES string of the molecule is O=C(N1CCC[C@@H](OCc2ccccc2)C1)C(F)(F)F. The fraction of sp³-hybridized carbons (Fsp3) is 0.500. The van der Waals surface area contributed by atoms with Gasteiger partial charge in [0.25, 0.3) is 0 Å². The minimum Gasteiger partial charge on any atom is -0.372 e. The molecule has 1 fully saturated rings. The summed E-state index contributed by atoms with van der Waals surface area (Å²) >= 11 is 0. The maximum atomic E-state index is 12.4. The summed E-state index contributed by atoms with van der Waals surface area (Å²) in [4.78, 5) is 12.0. The van der Waals surface area contributed by atoms with Gasteiger partial charge in [0, 0.05) is 13.1 Å². The summed E-state index contributed by atoms with van der Waals surface area (Å²) in [7, 11) is 0. The van der Waals surface area contributed by atoms with Crippen LogP contribution in [-0.2, 0) is 16.1 Å². The molecule has 110 valence electrons. The van der Waals surface area contributed by atoms with Gasteiger partial charge in [-0.05, 0) is 18.4 Å². The summed E-state index contributed by atoms with van der Waals surface area (Å²) in [6.45, 7) is 0.494. The highest BCUT2D eigenvalue weighted by Crippen LogP contribution is 2.22. The van der Waals surface area contributed by atoms with Crippen LogP contribution in [0, 0.1) is 0 Å². The first-order valence-electron chi connectivity index (χ1n) is 6.48. The predicted octanol–water partition coefficient (Wildman–Crippen LogP) is 2.76. The second-order valence-electron chi connectivity index (χ2n) is 4.81. The Kier molecular flexibility index (Phi) is 4.65. The van der Waals surface area contributed by atoms with Gasteiger partial charge >= 0.3 is 12.1 Å². The molecule has 0 spiro atoms. The van der Waals surface area contributed by atoms with E-state index in [9.17, 15) is 18.0 Å². The number of alkyl halides is 3. The van der Waals surface area contributed by atoms with Gasteiger partial charge in [0.05, 0.1) is 12.7 Å². The second-order valence-corrected chi connectivity index (χ2v) is 4.81. The number of benzene rings is 1. The Labute approximate surface area is 115 Å². The molecule has 3 nitrogen and oxygen atoms in total. The van der Waals surface area contributed by atoms with Crippen LogP contribution >= 0.6 is 0 Å². The van der Waals surface area contributed by atoms with Crippen LogP contribution in [0.4, 0.5) is 13.2 Å². The van der Waals surface area contributed by atoms with Gasteiger partial charge in [0.2, 0.25) is 0 Å². The van der Waals surface area contributed by atoms with E-state index in [2.05, 4.69) is 0 Å². The van der Waals surface area contributed by atoms with E-state index in [-0.39, 0.29) is 19.2 Å². The fourth-order valence-electron chi connectivity index (χ4n) is 2.23. The maximum Gasteiger partial charge on any atom is 0.471 e. The van der Waals surface area contributed by atoms with Gasteiger partial charge in [-0.15, -0.1) is 0 Å². The molecule has 0 saturated carbocycles. The predicted molar refractivity (Wildman–Crippen MR) is 66.9 cm³/mol. The van der Waals surface area contributed by atoms with Crippen LogP contribution in [0.3, 0.4) is 0 Å². The number of ether oxygens (including phenoxy) is 1. The Bertz CT molecular complexity index is 447. The minimum absolute atomic E-state index is 0.00514. The van der Waals surface area contributed by atoms with Crippen molar-refractivity contribution in [2.75, 3.05) is 13.1 Å². The highest BCUT2D eigenvalue weighted by atomic mass is 19.4. The largest absolute Gasteiger partial charge is 0.471 e. The van der Waals surface area contributed by atoms with Crippen molar-refractivity contribution in [2.24, 2.45) is 0 Å². The lowest BCUT2D eigenvalue weighted by Gasteiger charge is -2.33. The molecule has 1 atom stereocenters. The van der Waals surface area contributed by atoms with Gasteiger partial charge in [0.1, 0.15) is 0 Å². The third-order valence-corrected chi connectivity index (χ3v) is 3.24. The van der Waals surface area contributed by atoms with Crippen LogP contribution in [0.5, 0.6) is 0 Å². The highest BCUT2D eigenvalue weighted by Gasteiger charge is 2.43. The summed E-state index contributed by atoms with van der Waals surface area (Å²) in [6, 6.07) is 9.41. The Hall–Kier alpha value is -1.56. The van der Waals surface area contributed by atoms with E-state index in [0.717, 1.165) is 10.5 Å². The van der Waals surface area contributed by atoms with Crippen molar-refractivity contribution in [3.63, 3.8) is 0 Å². The van der Waals surface area contributed by atoms with Crippen molar-refractivity contribution in [3.8, 4) is 0 Å². The number of amides is 1. The molecular formula is C14H16F3NO2. The van der Waals surface area contributed by atoms with Crippen molar-refractivity contribution in [1.29, 1.82) is 0 Å². The average Bonchev–Trinajstić information content (AvgIpc) is 2.45. The molecule has 2 rings (SSSR count). The van der Waals surface area contributed by atoms with Gasteiger partial charge in [0.15, 0.2) is 0 Å². The maximum absolute atomic E-state index is 12.4. The van der Waals surface area contributed by atoms with Crippen LogP contribution in [0.15, 0.2) is 30.3 Å². The molecule has 0 bridgehead atoms. The Morgan fingerprint density at radius 1 is 1.30 bits per heavy atom. The second kappa shape index (κ2) is 6.26. The van der Waals surface area contributed by atoms with Gasteiger partial charge in [-0.3, -0.25) is 4.79 Å². The molecular weight excluding hydrogens is 271 g/mol. The Balaban J connectivity index is 1.86. The minimum atomic E-state index is -4.80. The molecule has 0 radical (unpaired) electrons. The number of likely N-dealkylation sites (tertiary alicyclic amines) is 1. The monoisotopic (exact) mass is 287 g/mol. The molecule has 0 unspecified atom stereocenters. The van der Waals surface area contributed by atoms with Crippen molar-refractivity contribution in [2.45, 2.75) is 31.7 Å². The molecule has 0 aromatic heterocycles. The molecule has 1 aliphatic rings. The number of hydrogen-bond donors (Lipinski definition) is 0. The van der Waals surface area contributed by atoms with E-state index < -0.39 is 12.1 Å². The smallest absolute Gasteiger partial charge is 0.372 e. The quantitative estimate of drug-likeness (QED) is 0.855. The summed E-state index contributed by atoms with van der Waals surface area (Å²) in [5, 5.41) is 0. The van der Waals surface area contributed by atoms with Crippen LogP contribution in [0.1, 0.15) is 18.4 Å². The summed E-state index contributed by atoms with van der Waals surface area (Å²) < 4.78 is 42.7. The first kappa shape index (κ1) is 14.8. The van der Waals surface area contributed by atoms with Crippen molar-refractivity contribution in [3.05, 3.63) is 35.9 Å². The van der Waals surface area contributed by atoms with Crippen molar-refractivity contribution >= 4 is 5.91 Å². The average molecular weight is 287 g/mol. The highest BCUT2D eigenvalue weighted by molar-refractivity contribution is 5.81. The van der Waals surface area contributed by atoms with E-state index in [4.69, 9.17) is 4.74 Å². The molecule has 1 saturated heterocycles. The van der Waals surface area contributed by atoms with Crippen LogP contribution < -0.4 is 0 Å². The third-order valence-electron chi connectivity index (χ3n) is 3.24. The molecule has 1 aromatic rings. The fourth-order valence-corrected chi connectivity index (χ4v) is 2.23. The lowest BCUT2D eigenvalue weighted by Crippen LogP contribution is -2.48. The van der Waals surface area contributed by atoms with E-state index >= 15 is 0 Å². The Morgan fingerprint density at radius 3 is 2.65 bits per heavy atom. The molecule has 1 aromatic carbocycles. The van der Waals surface area contributed by atoms with Crippen LogP contribution in [0.25, 0.3) is 0 Å². The standard InChI is InChI=1S/C14H16F3NO2/c15-14(16,17)13(19)18-8-4-7-12(9-18)20-10-11-5-2-1-3-6-11/h1-3,5-6,12H,4,7-10H2/t12-/m1/s1. The molecule has 20 heavy (non-hydrogen) atoms. The summed E-state index contributed by atoms with van der Waals surface area (Å²) in [6.07, 6.45) is -3.94. The van der Waals surface area contributed by atoms with E-state index in [0.29, 0.717) is 19.4 Å². The lowest BCUT2D eigenvalue weighted by atomic mass is 10.1. The van der Waals surface area contributed by atoms with E-state index in [1.165, 1.54) is 0 Å². The van der Waals surface area contributed by atoms with Crippen molar-refractivity contribution < 1.29 is 22.7 Å². The third kappa shape index (κ3) is 3.96. The summed E-state index contributed by atoms with van der Waals surface area (Å²) in [5.74, 6) is -1.77. The molecule has 1 amide bonds. The topological polar surface area (TPSA) is 29.5 Å². The number of piperidine rings is 1. The van der Waals surface area contributed by atoms with Crippen LogP contribution in [-0.4, -0.2) is 36.2 Å². The summed E-state index contributed by atoms with van der Waals surface area (Å²) in [5.41, 5.74) is 0.965. The Morgan fingerprint density at radius 2 is 2.00 bits per heavy atom. The number of carbonyl (C=O) groups is 1. The van der Waals surface area contributed by atoms with Gasteiger partial charge in [-0.2, -0.15) is 13.2 Å². The molecule has 1 heterocycles. The zero-order valence-electron chi connectivity index (χ0n) is 10.9.